The van der Waals surface area contributed by atoms with Gasteiger partial charge >= 0.3 is 0 Å². The van der Waals surface area contributed by atoms with E-state index >= 15 is 0 Å². The molecule has 3 aromatic rings. The number of nitrogens with zero attached hydrogens (tertiary/aromatic N) is 3. The Kier molecular flexibility index (Phi) is 5.23. The minimum Gasteiger partial charge on any atom is -0.376 e. The monoisotopic (exact) mass is 379 g/mol. The minimum absolute atomic E-state index is 0.0500. The molecule has 2 heterocycles. The lowest BCUT2D eigenvalue weighted by atomic mass is 10.2. The van der Waals surface area contributed by atoms with Crippen LogP contribution in [0.5, 0.6) is 0 Å². The van der Waals surface area contributed by atoms with Crippen molar-refractivity contribution >= 4 is 23.0 Å². The van der Waals surface area contributed by atoms with E-state index in [2.05, 4.69) is 20.6 Å². The van der Waals surface area contributed by atoms with Crippen molar-refractivity contribution in [1.29, 1.82) is 0 Å². The molecule has 0 radical (unpaired) electrons. The minimum atomic E-state index is -0.411. The topological polar surface area (TPSA) is 62.2 Å². The number of carbonyl (C=O) groups excluding carboxylic acids is 1. The molecule has 7 heteroatoms. The van der Waals surface area contributed by atoms with Crippen LogP contribution in [0.25, 0.3) is 5.69 Å². The van der Waals surface area contributed by atoms with E-state index in [1.54, 1.807) is 30.6 Å². The molecule has 2 aromatic carbocycles. The molecule has 0 saturated carbocycles. The van der Waals surface area contributed by atoms with Gasteiger partial charge in [0.05, 0.1) is 6.54 Å². The highest BCUT2D eigenvalue weighted by molar-refractivity contribution is 5.93. The van der Waals surface area contributed by atoms with Crippen LogP contribution in [0.15, 0.2) is 60.9 Å². The second-order valence-electron chi connectivity index (χ2n) is 6.76. The zero-order chi connectivity index (χ0) is 19.3. The van der Waals surface area contributed by atoms with Crippen molar-refractivity contribution in [2.45, 2.75) is 12.8 Å². The summed E-state index contributed by atoms with van der Waals surface area (Å²) in [7, 11) is 0. The summed E-state index contributed by atoms with van der Waals surface area (Å²) in [5, 5.41) is 9.81. The molecule has 6 nitrogen and oxygen atoms in total. The Hall–Kier alpha value is -3.35. The van der Waals surface area contributed by atoms with Crippen molar-refractivity contribution in [3.8, 4) is 5.69 Å². The van der Waals surface area contributed by atoms with Crippen molar-refractivity contribution < 1.29 is 9.18 Å². The fraction of sp³-hybridized carbons (Fsp3) is 0.238. The highest BCUT2D eigenvalue weighted by atomic mass is 19.1. The van der Waals surface area contributed by atoms with Crippen molar-refractivity contribution in [2.24, 2.45) is 0 Å². The Bertz CT molecular complexity index is 934. The molecule has 0 aliphatic carbocycles. The Labute approximate surface area is 163 Å². The van der Waals surface area contributed by atoms with Crippen LogP contribution in [0.1, 0.15) is 12.8 Å². The summed E-state index contributed by atoms with van der Waals surface area (Å²) in [5.74, 6) is -0.600. The molecule has 0 spiro atoms. The molecule has 1 fully saturated rings. The van der Waals surface area contributed by atoms with Crippen LogP contribution in [-0.2, 0) is 4.79 Å². The SMILES string of the molecule is O=C(CNc1ccc(-n2cccn2)c(F)c1)Nc1ccc(N2CCCC2)cc1. The van der Waals surface area contributed by atoms with Gasteiger partial charge in [0.25, 0.3) is 0 Å². The van der Waals surface area contributed by atoms with Crippen LogP contribution in [0.4, 0.5) is 21.5 Å². The van der Waals surface area contributed by atoms with Gasteiger partial charge in [0.15, 0.2) is 5.82 Å². The molecule has 0 unspecified atom stereocenters. The van der Waals surface area contributed by atoms with E-state index in [1.165, 1.54) is 29.3 Å². The van der Waals surface area contributed by atoms with Gasteiger partial charge in [0, 0.05) is 42.5 Å². The lowest BCUT2D eigenvalue weighted by Crippen LogP contribution is -2.22. The number of carbonyl (C=O) groups is 1. The van der Waals surface area contributed by atoms with Crippen LogP contribution in [0.3, 0.4) is 0 Å². The molecule has 0 atom stereocenters. The summed E-state index contributed by atoms with van der Waals surface area (Å²) in [6.45, 7) is 2.23. The average Bonchev–Trinajstić information content (AvgIpc) is 3.41. The molecule has 1 aliphatic heterocycles. The number of benzene rings is 2. The second-order valence-corrected chi connectivity index (χ2v) is 6.76. The van der Waals surface area contributed by atoms with Gasteiger partial charge in [-0.25, -0.2) is 9.07 Å². The first-order valence-electron chi connectivity index (χ1n) is 9.37. The van der Waals surface area contributed by atoms with Crippen LogP contribution >= 0.6 is 0 Å². The van der Waals surface area contributed by atoms with E-state index in [0.717, 1.165) is 18.8 Å². The Balaban J connectivity index is 1.31. The fourth-order valence-corrected chi connectivity index (χ4v) is 3.33. The average molecular weight is 379 g/mol. The molecule has 1 aliphatic rings. The molecule has 1 amide bonds. The van der Waals surface area contributed by atoms with Gasteiger partial charge in [-0.3, -0.25) is 4.79 Å². The summed E-state index contributed by atoms with van der Waals surface area (Å²) < 4.78 is 15.7. The molecule has 0 bridgehead atoms. The van der Waals surface area contributed by atoms with E-state index in [9.17, 15) is 9.18 Å². The van der Waals surface area contributed by atoms with Gasteiger partial charge in [0.2, 0.25) is 5.91 Å². The van der Waals surface area contributed by atoms with E-state index in [-0.39, 0.29) is 12.5 Å². The summed E-state index contributed by atoms with van der Waals surface area (Å²) in [6, 6.07) is 14.3. The quantitative estimate of drug-likeness (QED) is 0.686. The first-order valence-corrected chi connectivity index (χ1v) is 9.37. The Morgan fingerprint density at radius 2 is 1.82 bits per heavy atom. The Morgan fingerprint density at radius 3 is 2.50 bits per heavy atom. The van der Waals surface area contributed by atoms with Crippen molar-refractivity contribution in [1.82, 2.24) is 9.78 Å². The first-order chi connectivity index (χ1) is 13.7. The number of halogens is 1. The first kappa shape index (κ1) is 18.0. The van der Waals surface area contributed by atoms with Crippen LogP contribution in [0, 0.1) is 5.82 Å². The predicted octanol–water partition coefficient (Wildman–Crippen LogP) is 3.66. The molecular weight excluding hydrogens is 357 g/mol. The van der Waals surface area contributed by atoms with Gasteiger partial charge in [-0.15, -0.1) is 0 Å². The summed E-state index contributed by atoms with van der Waals surface area (Å²) in [4.78, 5) is 14.5. The maximum absolute atomic E-state index is 14.2. The van der Waals surface area contributed by atoms with Gasteiger partial charge in [-0.2, -0.15) is 5.10 Å². The van der Waals surface area contributed by atoms with Crippen molar-refractivity contribution in [3.05, 3.63) is 66.7 Å². The highest BCUT2D eigenvalue weighted by Gasteiger charge is 2.12. The molecule has 144 valence electrons. The van der Waals surface area contributed by atoms with Crippen LogP contribution < -0.4 is 15.5 Å². The summed E-state index contributed by atoms with van der Waals surface area (Å²) in [5.41, 5.74) is 2.82. The maximum Gasteiger partial charge on any atom is 0.243 e. The standard InChI is InChI=1S/C21H22FN5O/c22-19-14-17(6-9-20(19)27-13-3-10-24-27)23-15-21(28)25-16-4-7-18(8-5-16)26-11-1-2-12-26/h3-10,13-14,23H,1-2,11-12,15H2,(H,25,28). The summed E-state index contributed by atoms with van der Waals surface area (Å²) >= 11 is 0. The maximum atomic E-state index is 14.2. The number of nitrogens with one attached hydrogen (secondary N) is 2. The van der Waals surface area contributed by atoms with Crippen LogP contribution in [0.2, 0.25) is 0 Å². The molecule has 1 saturated heterocycles. The lowest BCUT2D eigenvalue weighted by Gasteiger charge is -2.17. The van der Waals surface area contributed by atoms with Crippen LogP contribution in [-0.4, -0.2) is 35.3 Å². The largest absolute Gasteiger partial charge is 0.376 e. The van der Waals surface area contributed by atoms with E-state index in [4.69, 9.17) is 0 Å². The van der Waals surface area contributed by atoms with E-state index in [1.807, 2.05) is 24.3 Å². The number of amides is 1. The molecule has 1 aromatic heterocycles. The Morgan fingerprint density at radius 1 is 1.07 bits per heavy atom. The van der Waals surface area contributed by atoms with E-state index in [0.29, 0.717) is 11.4 Å². The normalized spacial score (nSPS) is 13.5. The highest BCUT2D eigenvalue weighted by Crippen LogP contribution is 2.22. The van der Waals surface area contributed by atoms with E-state index < -0.39 is 5.82 Å². The number of anilines is 3. The molecule has 28 heavy (non-hydrogen) atoms. The van der Waals surface area contributed by atoms with Crippen molar-refractivity contribution in [3.63, 3.8) is 0 Å². The predicted molar refractivity (Wildman–Crippen MR) is 109 cm³/mol. The lowest BCUT2D eigenvalue weighted by molar-refractivity contribution is -0.114. The number of aromatic nitrogens is 2. The zero-order valence-electron chi connectivity index (χ0n) is 15.4. The third-order valence-electron chi connectivity index (χ3n) is 4.77. The molecule has 2 N–H and O–H groups in total. The third-order valence-corrected chi connectivity index (χ3v) is 4.77. The van der Waals surface area contributed by atoms with Gasteiger partial charge in [-0.1, -0.05) is 0 Å². The fourth-order valence-electron chi connectivity index (χ4n) is 3.33. The molecule has 4 rings (SSSR count). The number of rotatable bonds is 6. The smallest absolute Gasteiger partial charge is 0.243 e. The van der Waals surface area contributed by atoms with Gasteiger partial charge in [0.1, 0.15) is 5.69 Å². The number of hydrogen-bond donors (Lipinski definition) is 2. The van der Waals surface area contributed by atoms with Crippen molar-refractivity contribution in [2.75, 3.05) is 35.2 Å². The third kappa shape index (κ3) is 4.14. The summed E-state index contributed by atoms with van der Waals surface area (Å²) in [6.07, 6.45) is 5.73. The van der Waals surface area contributed by atoms with Gasteiger partial charge < -0.3 is 15.5 Å². The molecular formula is C21H22FN5O. The number of hydrogen-bond acceptors (Lipinski definition) is 4. The second kappa shape index (κ2) is 8.12. The van der Waals surface area contributed by atoms with Gasteiger partial charge in [-0.05, 0) is 61.4 Å². The zero-order valence-corrected chi connectivity index (χ0v) is 15.4.